The molecular weight excluding hydrogens is 279 g/mol. The summed E-state index contributed by atoms with van der Waals surface area (Å²) in [6.45, 7) is 2.66. The summed E-state index contributed by atoms with van der Waals surface area (Å²) in [5.41, 5.74) is -0.115. The van der Waals surface area contributed by atoms with E-state index in [4.69, 9.17) is 0 Å². The Bertz CT molecular complexity index is 546. The van der Waals surface area contributed by atoms with Crippen LogP contribution in [-0.4, -0.2) is 55.5 Å². The summed E-state index contributed by atoms with van der Waals surface area (Å²) in [5.74, 6) is -0.699. The first-order chi connectivity index (χ1) is 9.99. The lowest BCUT2D eigenvalue weighted by Gasteiger charge is -2.29. The third-order valence-corrected chi connectivity index (χ3v) is 3.39. The molecule has 0 spiro atoms. The van der Waals surface area contributed by atoms with E-state index in [9.17, 15) is 19.3 Å². The summed E-state index contributed by atoms with van der Waals surface area (Å²) in [5, 5.41) is 14.1. The van der Waals surface area contributed by atoms with Crippen LogP contribution >= 0.6 is 0 Å². The van der Waals surface area contributed by atoms with Gasteiger partial charge in [0.1, 0.15) is 11.5 Å². The number of nitro benzene ring substituents is 1. The standard InChI is InChI=1S/C13H17FN4O3/c1-16(9-13(19)17-6-4-15-5-7-17)12-8-10(14)2-3-11(12)18(20)21/h2-3,8,15H,4-7,9H2,1H3. The molecule has 7 nitrogen and oxygen atoms in total. The van der Waals surface area contributed by atoms with E-state index < -0.39 is 10.7 Å². The third-order valence-electron chi connectivity index (χ3n) is 3.39. The number of nitrogens with zero attached hydrogens (tertiary/aromatic N) is 3. The summed E-state index contributed by atoms with van der Waals surface area (Å²) in [4.78, 5) is 25.6. The van der Waals surface area contributed by atoms with Gasteiger partial charge < -0.3 is 15.1 Å². The van der Waals surface area contributed by atoms with Gasteiger partial charge in [-0.2, -0.15) is 0 Å². The molecule has 0 bridgehead atoms. The van der Waals surface area contributed by atoms with E-state index in [0.717, 1.165) is 31.3 Å². The molecule has 0 atom stereocenters. The number of rotatable bonds is 4. The molecule has 1 heterocycles. The second-order valence-electron chi connectivity index (χ2n) is 4.88. The largest absolute Gasteiger partial charge is 0.360 e. The number of hydrogen-bond donors (Lipinski definition) is 1. The van der Waals surface area contributed by atoms with Crippen LogP contribution in [0.1, 0.15) is 0 Å². The monoisotopic (exact) mass is 296 g/mol. The topological polar surface area (TPSA) is 78.7 Å². The maximum Gasteiger partial charge on any atom is 0.292 e. The second kappa shape index (κ2) is 6.49. The molecule has 1 aliphatic heterocycles. The second-order valence-corrected chi connectivity index (χ2v) is 4.88. The van der Waals surface area contributed by atoms with Crippen molar-refractivity contribution in [3.05, 3.63) is 34.1 Å². The van der Waals surface area contributed by atoms with Gasteiger partial charge in [0.15, 0.2) is 0 Å². The lowest BCUT2D eigenvalue weighted by Crippen LogP contribution is -2.49. The number of anilines is 1. The van der Waals surface area contributed by atoms with Crippen molar-refractivity contribution < 1.29 is 14.1 Å². The van der Waals surface area contributed by atoms with Crippen LogP contribution in [-0.2, 0) is 4.79 Å². The zero-order valence-corrected chi connectivity index (χ0v) is 11.7. The van der Waals surface area contributed by atoms with Crippen molar-refractivity contribution in [1.82, 2.24) is 10.2 Å². The van der Waals surface area contributed by atoms with Crippen LogP contribution in [0, 0.1) is 15.9 Å². The van der Waals surface area contributed by atoms with Crippen molar-refractivity contribution in [2.45, 2.75) is 0 Å². The maximum atomic E-state index is 13.3. The molecule has 114 valence electrons. The third kappa shape index (κ3) is 3.66. The van der Waals surface area contributed by atoms with Crippen LogP contribution in [0.15, 0.2) is 18.2 Å². The molecule has 0 saturated carbocycles. The molecule has 8 heteroatoms. The maximum absolute atomic E-state index is 13.3. The predicted molar refractivity (Wildman–Crippen MR) is 75.8 cm³/mol. The van der Waals surface area contributed by atoms with Gasteiger partial charge in [0.25, 0.3) is 5.69 Å². The smallest absolute Gasteiger partial charge is 0.292 e. The van der Waals surface area contributed by atoms with Crippen molar-refractivity contribution >= 4 is 17.3 Å². The number of nitrogens with one attached hydrogen (secondary N) is 1. The molecule has 1 amide bonds. The van der Waals surface area contributed by atoms with E-state index in [2.05, 4.69) is 5.32 Å². The Morgan fingerprint density at radius 3 is 2.76 bits per heavy atom. The lowest BCUT2D eigenvalue weighted by atomic mass is 10.2. The van der Waals surface area contributed by atoms with Gasteiger partial charge in [0.2, 0.25) is 5.91 Å². The van der Waals surface area contributed by atoms with Crippen molar-refractivity contribution in [2.75, 3.05) is 44.7 Å². The molecule has 1 aliphatic rings. The number of benzene rings is 1. The Morgan fingerprint density at radius 2 is 2.14 bits per heavy atom. The Balaban J connectivity index is 2.12. The van der Waals surface area contributed by atoms with Crippen LogP contribution in [0.5, 0.6) is 0 Å². The van der Waals surface area contributed by atoms with Gasteiger partial charge in [0, 0.05) is 45.4 Å². The van der Waals surface area contributed by atoms with E-state index in [1.807, 2.05) is 0 Å². The van der Waals surface area contributed by atoms with E-state index in [-0.39, 0.29) is 23.8 Å². The van der Waals surface area contributed by atoms with Crippen molar-refractivity contribution in [1.29, 1.82) is 0 Å². The molecule has 1 fully saturated rings. The van der Waals surface area contributed by atoms with Gasteiger partial charge >= 0.3 is 0 Å². The zero-order valence-electron chi connectivity index (χ0n) is 11.7. The van der Waals surface area contributed by atoms with Gasteiger partial charge in [-0.1, -0.05) is 0 Å². The minimum Gasteiger partial charge on any atom is -0.360 e. The minimum absolute atomic E-state index is 0.0235. The first-order valence-corrected chi connectivity index (χ1v) is 6.62. The summed E-state index contributed by atoms with van der Waals surface area (Å²) in [7, 11) is 1.54. The van der Waals surface area contributed by atoms with Crippen LogP contribution in [0.2, 0.25) is 0 Å². The molecule has 2 rings (SSSR count). The first-order valence-electron chi connectivity index (χ1n) is 6.62. The fourth-order valence-corrected chi connectivity index (χ4v) is 2.26. The summed E-state index contributed by atoms with van der Waals surface area (Å²) >= 11 is 0. The van der Waals surface area contributed by atoms with Gasteiger partial charge in [0.05, 0.1) is 11.5 Å². The molecule has 1 aromatic rings. The molecule has 0 radical (unpaired) electrons. The van der Waals surface area contributed by atoms with Crippen LogP contribution < -0.4 is 10.2 Å². The van der Waals surface area contributed by atoms with E-state index >= 15 is 0 Å². The van der Waals surface area contributed by atoms with Crippen LogP contribution in [0.25, 0.3) is 0 Å². The minimum atomic E-state index is -0.583. The highest BCUT2D eigenvalue weighted by Gasteiger charge is 2.22. The number of likely N-dealkylation sites (N-methyl/N-ethyl adjacent to an activating group) is 1. The molecule has 1 N–H and O–H groups in total. The number of piperazine rings is 1. The highest BCUT2D eigenvalue weighted by atomic mass is 19.1. The van der Waals surface area contributed by atoms with E-state index in [1.165, 1.54) is 4.90 Å². The number of hydrogen-bond acceptors (Lipinski definition) is 5. The molecule has 0 aliphatic carbocycles. The Morgan fingerprint density at radius 1 is 1.48 bits per heavy atom. The zero-order chi connectivity index (χ0) is 15.4. The highest BCUT2D eigenvalue weighted by molar-refractivity contribution is 5.82. The number of carbonyl (C=O) groups is 1. The van der Waals surface area contributed by atoms with Crippen molar-refractivity contribution in [3.63, 3.8) is 0 Å². The molecule has 0 unspecified atom stereocenters. The fraction of sp³-hybridized carbons (Fsp3) is 0.462. The molecular formula is C13H17FN4O3. The van der Waals surface area contributed by atoms with Crippen molar-refractivity contribution in [3.8, 4) is 0 Å². The van der Waals surface area contributed by atoms with Gasteiger partial charge in [-0.05, 0) is 6.07 Å². The summed E-state index contributed by atoms with van der Waals surface area (Å²) < 4.78 is 13.3. The Labute approximate surface area is 121 Å². The number of amides is 1. The van der Waals surface area contributed by atoms with E-state index in [0.29, 0.717) is 13.1 Å². The average Bonchev–Trinajstić information content (AvgIpc) is 2.47. The predicted octanol–water partition coefficient (Wildman–Crippen LogP) is 0.602. The Kier molecular flexibility index (Phi) is 4.69. The van der Waals surface area contributed by atoms with Crippen LogP contribution in [0.4, 0.5) is 15.8 Å². The molecule has 21 heavy (non-hydrogen) atoms. The summed E-state index contributed by atoms with van der Waals surface area (Å²) in [6, 6.07) is 3.22. The molecule has 1 aromatic carbocycles. The number of halogens is 1. The van der Waals surface area contributed by atoms with Gasteiger partial charge in [-0.15, -0.1) is 0 Å². The Hall–Kier alpha value is -2.22. The van der Waals surface area contributed by atoms with E-state index in [1.54, 1.807) is 11.9 Å². The average molecular weight is 296 g/mol. The van der Waals surface area contributed by atoms with Crippen LogP contribution in [0.3, 0.4) is 0 Å². The van der Waals surface area contributed by atoms with Crippen molar-refractivity contribution in [2.24, 2.45) is 0 Å². The fourth-order valence-electron chi connectivity index (χ4n) is 2.26. The highest BCUT2D eigenvalue weighted by Crippen LogP contribution is 2.27. The first kappa shape index (κ1) is 15.2. The van der Waals surface area contributed by atoms with Gasteiger partial charge in [-0.25, -0.2) is 4.39 Å². The SMILES string of the molecule is CN(CC(=O)N1CCNCC1)c1cc(F)ccc1[N+](=O)[O-]. The number of nitro groups is 1. The number of carbonyl (C=O) groups excluding carboxylic acids is 1. The normalized spacial score (nSPS) is 14.9. The quantitative estimate of drug-likeness (QED) is 0.650. The van der Waals surface area contributed by atoms with Gasteiger partial charge in [-0.3, -0.25) is 14.9 Å². The lowest BCUT2D eigenvalue weighted by molar-refractivity contribution is -0.384. The summed E-state index contributed by atoms with van der Waals surface area (Å²) in [6.07, 6.45) is 0. The molecule has 1 saturated heterocycles. The molecule has 0 aromatic heterocycles.